The summed E-state index contributed by atoms with van der Waals surface area (Å²) in [7, 11) is 4.09. The number of aryl methyl sites for hydroxylation is 4. The lowest BCUT2D eigenvalue weighted by atomic mass is 10.3. The molecule has 0 spiro atoms. The van der Waals surface area contributed by atoms with Crippen LogP contribution in [0.5, 0.6) is 0 Å². The van der Waals surface area contributed by atoms with E-state index in [0.717, 1.165) is 13.1 Å². The van der Waals surface area contributed by atoms with E-state index in [-0.39, 0.29) is 41.0 Å². The topological polar surface area (TPSA) is 17.6 Å². The van der Waals surface area contributed by atoms with Crippen LogP contribution in [0.3, 0.4) is 0 Å². The molecule has 6 heteroatoms. The van der Waals surface area contributed by atoms with Gasteiger partial charge in [0.15, 0.2) is 0 Å². The van der Waals surface area contributed by atoms with Crippen molar-refractivity contribution in [3.05, 3.63) is 37.4 Å². The molecule has 0 aliphatic carbocycles. The summed E-state index contributed by atoms with van der Waals surface area (Å²) < 4.78 is 8.55. The third-order valence-corrected chi connectivity index (χ3v) is 3.19. The van der Waals surface area contributed by atoms with Gasteiger partial charge >= 0.3 is 0 Å². The van der Waals surface area contributed by atoms with Crippen LogP contribution >= 0.6 is 0 Å². The van der Waals surface area contributed by atoms with Crippen LogP contribution in [0.4, 0.5) is 0 Å². The molecule has 0 saturated carbocycles. The van der Waals surface area contributed by atoms with Crippen molar-refractivity contribution in [2.24, 2.45) is 14.1 Å². The average molecular weight is 485 g/mol. The van der Waals surface area contributed by atoms with Crippen molar-refractivity contribution < 1.29 is 50.1 Å². The Morgan fingerprint density at radius 1 is 0.773 bits per heavy atom. The molecule has 0 saturated heterocycles. The van der Waals surface area contributed by atoms with E-state index in [2.05, 4.69) is 69.6 Å². The molecular formula is C16H30BrIN4. The highest BCUT2D eigenvalue weighted by Gasteiger charge is 1.97. The molecule has 2 rings (SSSR count). The van der Waals surface area contributed by atoms with Gasteiger partial charge in [0.05, 0.1) is 27.2 Å². The monoisotopic (exact) mass is 484 g/mol. The summed E-state index contributed by atoms with van der Waals surface area (Å²) in [6.45, 7) is 6.72. The van der Waals surface area contributed by atoms with Gasteiger partial charge in [-0.25, -0.2) is 18.3 Å². The molecule has 128 valence electrons. The quantitative estimate of drug-likeness (QED) is 0.296. The van der Waals surface area contributed by atoms with Gasteiger partial charge < -0.3 is 41.0 Å². The minimum absolute atomic E-state index is 0. The van der Waals surface area contributed by atoms with Crippen LogP contribution in [0.1, 0.15) is 39.5 Å². The number of nitrogens with zero attached hydrogens (tertiary/aromatic N) is 4. The maximum Gasteiger partial charge on any atom is 0.243 e. The molecule has 22 heavy (non-hydrogen) atoms. The zero-order valence-corrected chi connectivity index (χ0v) is 18.0. The van der Waals surface area contributed by atoms with E-state index in [1.54, 1.807) is 0 Å². The summed E-state index contributed by atoms with van der Waals surface area (Å²) >= 11 is 0. The van der Waals surface area contributed by atoms with Gasteiger partial charge in [-0.15, -0.1) is 0 Å². The molecular weight excluding hydrogens is 455 g/mol. The second-order valence-electron chi connectivity index (χ2n) is 5.34. The van der Waals surface area contributed by atoms with Crippen LogP contribution in [-0.4, -0.2) is 9.13 Å². The number of rotatable bonds is 6. The molecule has 2 aromatic heterocycles. The van der Waals surface area contributed by atoms with E-state index < -0.39 is 0 Å². The van der Waals surface area contributed by atoms with Gasteiger partial charge in [-0.05, 0) is 12.8 Å². The third kappa shape index (κ3) is 10.4. The summed E-state index contributed by atoms with van der Waals surface area (Å²) in [5.41, 5.74) is 0. The number of halogens is 2. The Hall–Kier alpha value is -0.370. The molecule has 2 heterocycles. The molecule has 0 aliphatic rings. The molecule has 0 amide bonds. The lowest BCUT2D eigenvalue weighted by molar-refractivity contribution is -0.671. The van der Waals surface area contributed by atoms with Gasteiger partial charge in [-0.3, -0.25) is 0 Å². The van der Waals surface area contributed by atoms with E-state index >= 15 is 0 Å². The molecule has 0 fully saturated rings. The third-order valence-electron chi connectivity index (χ3n) is 3.19. The van der Waals surface area contributed by atoms with Crippen LogP contribution in [0.2, 0.25) is 0 Å². The first-order valence-corrected chi connectivity index (χ1v) is 7.67. The summed E-state index contributed by atoms with van der Waals surface area (Å²) in [5, 5.41) is 0. The highest BCUT2D eigenvalue weighted by Crippen LogP contribution is 1.92. The zero-order chi connectivity index (χ0) is 14.8. The van der Waals surface area contributed by atoms with Crippen molar-refractivity contribution in [2.45, 2.75) is 52.6 Å². The molecule has 4 nitrogen and oxygen atoms in total. The maximum atomic E-state index is 2.21. The second-order valence-corrected chi connectivity index (χ2v) is 5.34. The normalized spacial score (nSPS) is 9.27. The predicted octanol–water partition coefficient (Wildman–Crippen LogP) is -3.77. The highest BCUT2D eigenvalue weighted by molar-refractivity contribution is 4.65. The largest absolute Gasteiger partial charge is 1.00 e. The van der Waals surface area contributed by atoms with Gasteiger partial charge in [0.2, 0.25) is 12.7 Å². The zero-order valence-electron chi connectivity index (χ0n) is 14.3. The number of hydrogen-bond donors (Lipinski definition) is 0. The van der Waals surface area contributed by atoms with Gasteiger partial charge in [0.1, 0.15) is 24.8 Å². The minimum atomic E-state index is 0. The van der Waals surface area contributed by atoms with Crippen molar-refractivity contribution in [2.75, 3.05) is 0 Å². The first kappa shape index (κ1) is 23.9. The Morgan fingerprint density at radius 2 is 1.14 bits per heavy atom. The number of unbranched alkanes of at least 4 members (excludes halogenated alkanes) is 2. The van der Waals surface area contributed by atoms with E-state index in [0.29, 0.717) is 0 Å². The van der Waals surface area contributed by atoms with E-state index in [9.17, 15) is 0 Å². The lowest BCUT2D eigenvalue weighted by Gasteiger charge is -1.90. The molecule has 0 atom stereocenters. The fourth-order valence-corrected chi connectivity index (χ4v) is 1.95. The maximum absolute atomic E-state index is 2.21. The molecule has 0 aliphatic heterocycles. The van der Waals surface area contributed by atoms with E-state index in [4.69, 9.17) is 0 Å². The Morgan fingerprint density at radius 3 is 1.36 bits per heavy atom. The Labute approximate surface area is 162 Å². The molecule has 0 aromatic carbocycles. The molecule has 2 aromatic rings. The number of hydrogen-bond acceptors (Lipinski definition) is 0. The molecule has 0 bridgehead atoms. The Balaban J connectivity index is 0. The lowest BCUT2D eigenvalue weighted by Crippen LogP contribution is -3.00. The minimum Gasteiger partial charge on any atom is -1.00 e. The summed E-state index contributed by atoms with van der Waals surface area (Å²) in [6, 6.07) is 0. The first-order valence-electron chi connectivity index (χ1n) is 7.67. The van der Waals surface area contributed by atoms with Crippen LogP contribution in [0, 0.1) is 0 Å². The predicted molar refractivity (Wildman–Crippen MR) is 81.0 cm³/mol. The second kappa shape index (κ2) is 14.2. The first-order chi connectivity index (χ1) is 9.65. The van der Waals surface area contributed by atoms with Crippen molar-refractivity contribution in [3.8, 4) is 0 Å². The van der Waals surface area contributed by atoms with Crippen molar-refractivity contribution in [3.63, 3.8) is 0 Å². The number of imidazole rings is 2. The summed E-state index contributed by atoms with van der Waals surface area (Å²) in [5.74, 6) is 0. The van der Waals surface area contributed by atoms with Gasteiger partial charge in [-0.2, -0.15) is 0 Å². The average Bonchev–Trinajstić information content (AvgIpc) is 3.03. The summed E-state index contributed by atoms with van der Waals surface area (Å²) in [6.07, 6.45) is 17.6. The van der Waals surface area contributed by atoms with Crippen molar-refractivity contribution >= 4 is 0 Å². The smallest absolute Gasteiger partial charge is 0.243 e. The van der Waals surface area contributed by atoms with Gasteiger partial charge in [0, 0.05) is 0 Å². The molecule has 0 radical (unpaired) electrons. The van der Waals surface area contributed by atoms with Crippen molar-refractivity contribution in [1.82, 2.24) is 9.13 Å². The molecule has 0 unspecified atom stereocenters. The summed E-state index contributed by atoms with van der Waals surface area (Å²) in [4.78, 5) is 0. The van der Waals surface area contributed by atoms with Gasteiger partial charge in [-0.1, -0.05) is 26.7 Å². The Kier molecular flexibility index (Phi) is 15.5. The highest BCUT2D eigenvalue weighted by atomic mass is 127. The van der Waals surface area contributed by atoms with Crippen LogP contribution in [0.25, 0.3) is 0 Å². The number of aromatic nitrogens is 4. The van der Waals surface area contributed by atoms with E-state index in [1.807, 2.05) is 14.1 Å². The fourth-order valence-electron chi connectivity index (χ4n) is 1.95. The van der Waals surface area contributed by atoms with Crippen LogP contribution in [0.15, 0.2) is 37.4 Å². The van der Waals surface area contributed by atoms with Crippen LogP contribution < -0.4 is 50.1 Å². The molecule has 0 N–H and O–H groups in total. The standard InChI is InChI=1S/2C8H15N2.BrH.HI/c2*1-3-4-5-10-7-6-9(2)8-10;;/h2*6-8H,3-5H2,1-2H3;2*1H/q2*+1;;/p-2. The SMILES string of the molecule is CCCCn1cc[n+](C)c1.CCCCn1cc[n+](C)c1.[Br-].[I-]. The van der Waals surface area contributed by atoms with E-state index in [1.165, 1.54) is 25.7 Å². The van der Waals surface area contributed by atoms with Crippen LogP contribution in [-0.2, 0) is 27.2 Å². The Bertz CT molecular complexity index is 438. The van der Waals surface area contributed by atoms with Crippen molar-refractivity contribution in [1.29, 1.82) is 0 Å². The van der Waals surface area contributed by atoms with Gasteiger partial charge in [0.25, 0.3) is 0 Å². The fraction of sp³-hybridized carbons (Fsp3) is 0.625.